The van der Waals surface area contributed by atoms with Gasteiger partial charge in [-0.15, -0.1) is 0 Å². The molecule has 0 atom stereocenters. The van der Waals surface area contributed by atoms with Crippen molar-refractivity contribution in [3.05, 3.63) is 52.9 Å². The minimum atomic E-state index is -2.95. The number of alkyl halides is 2. The Morgan fingerprint density at radius 3 is 2.62 bits per heavy atom. The first kappa shape index (κ1) is 24.5. The van der Waals surface area contributed by atoms with Crippen molar-refractivity contribution >= 4 is 30.8 Å². The molecule has 3 heterocycles. The first-order valence-electron chi connectivity index (χ1n) is 10.8. The predicted octanol–water partition coefficient (Wildman–Crippen LogP) is 3.75. The summed E-state index contributed by atoms with van der Waals surface area (Å²) in [6.45, 7) is -2.97. The third-order valence-corrected chi connectivity index (χ3v) is 11.3. The van der Waals surface area contributed by atoms with Gasteiger partial charge in [-0.2, -0.15) is 0 Å². The zero-order valence-corrected chi connectivity index (χ0v) is 19.8. The number of benzene rings is 1. The average molecular weight is 518 g/mol. The van der Waals surface area contributed by atoms with Crippen molar-refractivity contribution in [3.63, 3.8) is 0 Å². The van der Waals surface area contributed by atoms with Gasteiger partial charge in [0.1, 0.15) is 0 Å². The number of nitrogens with zero attached hydrogens (tertiary/aromatic N) is 1. The van der Waals surface area contributed by atoms with E-state index < -0.39 is 25.3 Å². The quantitative estimate of drug-likeness (QED) is 0.495. The average Bonchev–Trinajstić information content (AvgIpc) is 3.36. The Balaban J connectivity index is 1.27. The Hall–Kier alpha value is -2.58. The van der Waals surface area contributed by atoms with E-state index in [-0.39, 0.29) is 41.6 Å². The van der Waals surface area contributed by atoms with Crippen LogP contribution in [0.4, 0.5) is 13.2 Å². The molecule has 1 aromatic heterocycles. The first-order chi connectivity index (χ1) is 16.2. The monoisotopic (exact) mass is 517 g/mol. The van der Waals surface area contributed by atoms with Crippen LogP contribution in [0.3, 0.4) is 0 Å². The van der Waals surface area contributed by atoms with Gasteiger partial charge in [-0.25, -0.2) is 0 Å². The zero-order valence-electron chi connectivity index (χ0n) is 18.1. The van der Waals surface area contributed by atoms with Crippen LogP contribution in [0.15, 0.2) is 36.5 Å². The summed E-state index contributed by atoms with van der Waals surface area (Å²) in [5.74, 6) is -0.951. The Labute approximate surface area is 199 Å². The van der Waals surface area contributed by atoms with Crippen LogP contribution in [0.25, 0.3) is 0 Å². The fraction of sp³-hybridized carbons (Fsp3) is 0.409. The summed E-state index contributed by atoms with van der Waals surface area (Å²) in [4.78, 5) is 29.3. The molecule has 0 spiro atoms. The standard InChI is InChI=1S/C22H24ClF3N3O4P/c23-16-3-2-15(9-17(16)24)32-12-18(30)29-34-7-5-22(13-34,6-8-34)20(31)28-11-14-1-4-19(27-10-14)33-21(25)26/h1-4,9-10,21,34H,5-8,11-13H2,(H,28,31)(H,29,30). The van der Waals surface area contributed by atoms with Crippen LogP contribution in [0, 0.1) is 11.2 Å². The summed E-state index contributed by atoms with van der Waals surface area (Å²) in [6, 6.07) is 6.87. The van der Waals surface area contributed by atoms with Gasteiger partial charge >= 0.3 is 200 Å². The van der Waals surface area contributed by atoms with Gasteiger partial charge in [0, 0.05) is 0 Å². The second-order valence-corrected chi connectivity index (χ2v) is 13.3. The topological polar surface area (TPSA) is 89.5 Å². The second kappa shape index (κ2) is 9.96. The molecular formula is C22H24ClF3N3O4P. The molecule has 2 bridgehead atoms. The maximum atomic E-state index is 13.5. The second-order valence-electron chi connectivity index (χ2n) is 8.72. The number of fused-ring (bicyclic) bond motifs is 2. The van der Waals surface area contributed by atoms with Gasteiger partial charge in [0.2, 0.25) is 0 Å². The summed E-state index contributed by atoms with van der Waals surface area (Å²) >= 11 is 5.65. The molecule has 2 aromatic rings. The van der Waals surface area contributed by atoms with E-state index in [1.165, 1.54) is 24.4 Å². The Morgan fingerprint density at radius 2 is 1.97 bits per heavy atom. The number of amides is 2. The van der Waals surface area contributed by atoms with E-state index in [0.717, 1.165) is 18.4 Å². The van der Waals surface area contributed by atoms with Gasteiger partial charge < -0.3 is 0 Å². The predicted molar refractivity (Wildman–Crippen MR) is 122 cm³/mol. The van der Waals surface area contributed by atoms with Crippen LogP contribution in [0.5, 0.6) is 11.6 Å². The summed E-state index contributed by atoms with van der Waals surface area (Å²) in [5.41, 5.74) is 0.154. The number of aromatic nitrogens is 1. The molecule has 1 aromatic carbocycles. The number of hydrogen-bond acceptors (Lipinski definition) is 5. The van der Waals surface area contributed by atoms with Gasteiger partial charge in [0.15, 0.2) is 0 Å². The van der Waals surface area contributed by atoms with Crippen molar-refractivity contribution in [2.24, 2.45) is 5.41 Å². The summed E-state index contributed by atoms with van der Waals surface area (Å²) in [7, 11) is -2.16. The van der Waals surface area contributed by atoms with E-state index in [1.54, 1.807) is 6.07 Å². The third kappa shape index (κ3) is 5.55. The van der Waals surface area contributed by atoms with Gasteiger partial charge in [-0.3, -0.25) is 0 Å². The van der Waals surface area contributed by atoms with E-state index in [2.05, 4.69) is 20.1 Å². The molecule has 2 fully saturated rings. The third-order valence-electron chi connectivity index (χ3n) is 6.45. The zero-order chi connectivity index (χ0) is 24.3. The van der Waals surface area contributed by atoms with Crippen LogP contribution in [-0.2, 0) is 16.1 Å². The van der Waals surface area contributed by atoms with E-state index >= 15 is 0 Å². The van der Waals surface area contributed by atoms with Crippen LogP contribution < -0.4 is 19.9 Å². The van der Waals surface area contributed by atoms with Crippen LogP contribution >= 0.6 is 19.0 Å². The molecule has 0 saturated carbocycles. The molecule has 2 saturated heterocycles. The van der Waals surface area contributed by atoms with E-state index in [1.807, 2.05) is 0 Å². The number of carbonyl (C=O) groups is 2. The molecule has 7 nitrogen and oxygen atoms in total. The molecule has 34 heavy (non-hydrogen) atoms. The number of halogens is 4. The van der Waals surface area contributed by atoms with Crippen molar-refractivity contribution in [2.75, 3.05) is 25.1 Å². The van der Waals surface area contributed by atoms with E-state index in [4.69, 9.17) is 16.3 Å². The SMILES string of the molecule is O=C(COc1ccc(Cl)c(F)c1)N[PH]12CCC(C(=O)NCc3ccc(OC(F)F)nc3)(CC1)C2. The number of carbonyl (C=O) groups excluding carboxylic acids is 2. The Bertz CT molecular complexity index is 1070. The fourth-order valence-corrected chi connectivity index (χ4v) is 10.2. The van der Waals surface area contributed by atoms with E-state index in [9.17, 15) is 22.8 Å². The molecule has 2 aliphatic rings. The van der Waals surface area contributed by atoms with E-state index in [0.29, 0.717) is 24.6 Å². The number of rotatable bonds is 9. The van der Waals surface area contributed by atoms with Crippen molar-refractivity contribution in [2.45, 2.75) is 26.0 Å². The molecule has 2 amide bonds. The van der Waals surface area contributed by atoms with Gasteiger partial charge in [0.25, 0.3) is 0 Å². The fourth-order valence-electron chi connectivity index (χ4n) is 4.78. The van der Waals surface area contributed by atoms with Crippen molar-refractivity contribution in [1.82, 2.24) is 15.4 Å². The van der Waals surface area contributed by atoms with Gasteiger partial charge in [-0.05, 0) is 0 Å². The normalized spacial score (nSPS) is 21.2. The summed E-state index contributed by atoms with van der Waals surface area (Å²) in [5, 5.41) is 6.04. The van der Waals surface area contributed by atoms with Gasteiger partial charge in [-0.1, -0.05) is 0 Å². The number of pyridine rings is 1. The molecule has 2 aliphatic heterocycles. The Morgan fingerprint density at radius 1 is 1.21 bits per heavy atom. The molecule has 184 valence electrons. The molecule has 0 unspecified atom stereocenters. The molecule has 4 rings (SSSR count). The maximum absolute atomic E-state index is 13.5. The van der Waals surface area contributed by atoms with Crippen LogP contribution in [-0.4, -0.2) is 48.5 Å². The summed E-state index contributed by atoms with van der Waals surface area (Å²) in [6.07, 6.45) is 5.06. The molecular weight excluding hydrogens is 494 g/mol. The van der Waals surface area contributed by atoms with Crippen LogP contribution in [0.1, 0.15) is 18.4 Å². The number of ether oxygens (including phenoxy) is 2. The van der Waals surface area contributed by atoms with Crippen molar-refractivity contribution in [1.29, 1.82) is 0 Å². The molecule has 2 N–H and O–H groups in total. The van der Waals surface area contributed by atoms with Crippen LogP contribution in [0.2, 0.25) is 5.02 Å². The molecule has 0 radical (unpaired) electrons. The summed E-state index contributed by atoms with van der Waals surface area (Å²) < 4.78 is 47.6. The number of nitrogens with one attached hydrogen (secondary N) is 2. The van der Waals surface area contributed by atoms with Crippen molar-refractivity contribution < 1.29 is 32.2 Å². The number of hydrogen-bond donors (Lipinski definition) is 2. The van der Waals surface area contributed by atoms with Gasteiger partial charge in [0.05, 0.1) is 0 Å². The van der Waals surface area contributed by atoms with Crippen molar-refractivity contribution in [3.8, 4) is 11.6 Å². The molecule has 0 aliphatic carbocycles. The Kier molecular flexibility index (Phi) is 7.19. The minimum absolute atomic E-state index is 0.0244. The first-order valence-corrected chi connectivity index (χ1v) is 13.8. The molecule has 12 heteroatoms.